The molecule has 0 atom stereocenters. The normalized spacial score (nSPS) is 13.2. The molecule has 3 nitrogen and oxygen atoms in total. The summed E-state index contributed by atoms with van der Waals surface area (Å²) in [6.07, 6.45) is 0. The van der Waals surface area contributed by atoms with E-state index >= 15 is 0 Å². The Kier molecular flexibility index (Phi) is 1.77. The molecule has 0 unspecified atom stereocenters. The highest BCUT2D eigenvalue weighted by Gasteiger charge is 2.12. The lowest BCUT2D eigenvalue weighted by atomic mass is 10.3. The topological polar surface area (TPSA) is 30.5 Å². The van der Waals surface area contributed by atoms with Gasteiger partial charge in [-0.25, -0.2) is 0 Å². The van der Waals surface area contributed by atoms with Crippen LogP contribution in [0.25, 0.3) is 0 Å². The highest BCUT2D eigenvalue weighted by molar-refractivity contribution is 14.1. The van der Waals surface area contributed by atoms with Crippen molar-refractivity contribution < 1.29 is 9.47 Å². The second-order valence-corrected chi connectivity index (χ2v) is 2.70. The van der Waals surface area contributed by atoms with Crippen molar-refractivity contribution in [2.45, 2.75) is 0 Å². The molecule has 0 amide bonds. The summed E-state index contributed by atoms with van der Waals surface area (Å²) in [6.45, 7) is 0.333. The molecule has 58 valence electrons. The third-order valence-electron chi connectivity index (χ3n) is 1.48. The van der Waals surface area contributed by atoms with Gasteiger partial charge in [-0.05, 0) is 12.1 Å². The van der Waals surface area contributed by atoms with Crippen molar-refractivity contribution in [3.05, 3.63) is 18.2 Å². The van der Waals surface area contributed by atoms with E-state index in [1.807, 2.05) is 18.2 Å². The maximum absolute atomic E-state index is 5.18. The van der Waals surface area contributed by atoms with Gasteiger partial charge in [0.25, 0.3) is 0 Å². The molecular weight excluding hydrogens is 257 g/mol. The molecule has 0 saturated heterocycles. The first-order valence-electron chi connectivity index (χ1n) is 3.16. The van der Waals surface area contributed by atoms with Crippen molar-refractivity contribution in [2.75, 3.05) is 10.3 Å². The summed E-state index contributed by atoms with van der Waals surface area (Å²) < 4.78 is 13.3. The molecule has 4 heteroatoms. The molecule has 0 spiro atoms. The minimum atomic E-state index is 0.333. The summed E-state index contributed by atoms with van der Waals surface area (Å²) >= 11 is 2.07. The third kappa shape index (κ3) is 1.22. The average molecular weight is 263 g/mol. The largest absolute Gasteiger partial charge is 0.454 e. The molecule has 1 heterocycles. The Morgan fingerprint density at radius 2 is 2.09 bits per heavy atom. The maximum Gasteiger partial charge on any atom is 0.231 e. The molecule has 1 aromatic rings. The van der Waals surface area contributed by atoms with Crippen molar-refractivity contribution >= 4 is 28.6 Å². The standard InChI is InChI=1S/C7H6INO2/c8-9-5-1-2-6-7(3-5)11-4-10-6/h1-3,9H,4H2. The van der Waals surface area contributed by atoms with Crippen molar-refractivity contribution in [3.8, 4) is 11.5 Å². The van der Waals surface area contributed by atoms with Crippen LogP contribution < -0.4 is 13.0 Å². The fraction of sp³-hybridized carbons (Fsp3) is 0.143. The predicted molar refractivity (Wildman–Crippen MR) is 50.2 cm³/mol. The summed E-state index contributed by atoms with van der Waals surface area (Å²) in [4.78, 5) is 0. The zero-order chi connectivity index (χ0) is 7.68. The number of fused-ring (bicyclic) bond motifs is 1. The van der Waals surface area contributed by atoms with Crippen molar-refractivity contribution in [1.82, 2.24) is 0 Å². The van der Waals surface area contributed by atoms with Gasteiger partial charge in [-0.15, -0.1) is 0 Å². The molecule has 2 rings (SSSR count). The Hall–Kier alpha value is -0.650. The van der Waals surface area contributed by atoms with Gasteiger partial charge < -0.3 is 13.0 Å². The summed E-state index contributed by atoms with van der Waals surface area (Å²) in [7, 11) is 0. The zero-order valence-corrected chi connectivity index (χ0v) is 7.79. The molecule has 11 heavy (non-hydrogen) atoms. The highest BCUT2D eigenvalue weighted by Crippen LogP contribution is 2.34. The molecule has 1 aliphatic rings. The van der Waals surface area contributed by atoms with Gasteiger partial charge in [-0.3, -0.25) is 0 Å². The van der Waals surface area contributed by atoms with Crippen LogP contribution in [-0.2, 0) is 0 Å². The molecule has 0 aliphatic carbocycles. The van der Waals surface area contributed by atoms with E-state index in [0.717, 1.165) is 17.2 Å². The van der Waals surface area contributed by atoms with Crippen LogP contribution in [0.3, 0.4) is 0 Å². The second kappa shape index (κ2) is 2.77. The fourth-order valence-corrected chi connectivity index (χ4v) is 1.29. The number of nitrogens with one attached hydrogen (secondary N) is 1. The van der Waals surface area contributed by atoms with Crippen molar-refractivity contribution in [2.24, 2.45) is 0 Å². The lowest BCUT2D eigenvalue weighted by molar-refractivity contribution is 0.174. The molecule has 0 aromatic heterocycles. The molecule has 1 aliphatic heterocycles. The zero-order valence-electron chi connectivity index (χ0n) is 5.63. The first-order valence-corrected chi connectivity index (χ1v) is 4.24. The summed E-state index contributed by atoms with van der Waals surface area (Å²) in [5.41, 5.74) is 1.02. The van der Waals surface area contributed by atoms with Gasteiger partial charge in [0.1, 0.15) is 0 Å². The van der Waals surface area contributed by atoms with Crippen LogP contribution in [0.5, 0.6) is 11.5 Å². The Balaban J connectivity index is 2.41. The number of anilines is 1. The number of rotatable bonds is 1. The van der Waals surface area contributed by atoms with E-state index < -0.39 is 0 Å². The van der Waals surface area contributed by atoms with Gasteiger partial charge in [0.15, 0.2) is 11.5 Å². The first kappa shape index (κ1) is 7.02. The van der Waals surface area contributed by atoms with Gasteiger partial charge in [0.05, 0.1) is 22.9 Å². The highest BCUT2D eigenvalue weighted by atomic mass is 127. The quantitative estimate of drug-likeness (QED) is 0.622. The second-order valence-electron chi connectivity index (χ2n) is 2.16. The Morgan fingerprint density at radius 1 is 1.27 bits per heavy atom. The fourth-order valence-electron chi connectivity index (χ4n) is 0.955. The Morgan fingerprint density at radius 3 is 2.91 bits per heavy atom. The first-order chi connectivity index (χ1) is 5.40. The van der Waals surface area contributed by atoms with E-state index in [-0.39, 0.29) is 0 Å². The summed E-state index contributed by atoms with van der Waals surface area (Å²) in [5.74, 6) is 1.63. The van der Waals surface area contributed by atoms with Gasteiger partial charge in [-0.2, -0.15) is 0 Å². The molecule has 1 N–H and O–H groups in total. The number of benzene rings is 1. The minimum Gasteiger partial charge on any atom is -0.454 e. The van der Waals surface area contributed by atoms with Crippen LogP contribution in [0.15, 0.2) is 18.2 Å². The Labute approximate surface area is 78.2 Å². The maximum atomic E-state index is 5.18. The lowest BCUT2D eigenvalue weighted by Gasteiger charge is -1.98. The van der Waals surface area contributed by atoms with Gasteiger partial charge in [0, 0.05) is 11.8 Å². The number of ether oxygens (including phenoxy) is 2. The van der Waals surface area contributed by atoms with Crippen LogP contribution in [0, 0.1) is 0 Å². The SMILES string of the molecule is INc1ccc2c(c1)OCO2. The van der Waals surface area contributed by atoms with Gasteiger partial charge in [0.2, 0.25) is 6.79 Å². The van der Waals surface area contributed by atoms with E-state index in [2.05, 4.69) is 26.4 Å². The monoisotopic (exact) mass is 263 g/mol. The molecule has 1 aromatic carbocycles. The van der Waals surface area contributed by atoms with Crippen LogP contribution in [0.1, 0.15) is 0 Å². The molecule has 0 saturated carbocycles. The number of hydrogen-bond acceptors (Lipinski definition) is 3. The van der Waals surface area contributed by atoms with E-state index in [1.54, 1.807) is 0 Å². The van der Waals surface area contributed by atoms with Crippen LogP contribution in [0.2, 0.25) is 0 Å². The predicted octanol–water partition coefficient (Wildman–Crippen LogP) is 2.18. The van der Waals surface area contributed by atoms with Crippen LogP contribution >= 0.6 is 22.9 Å². The number of halogens is 1. The van der Waals surface area contributed by atoms with E-state index in [0.29, 0.717) is 6.79 Å². The molecular formula is C7H6INO2. The Bertz CT molecular complexity index is 277. The molecule has 0 radical (unpaired) electrons. The number of hydrogen-bond donors (Lipinski definition) is 1. The van der Waals surface area contributed by atoms with Crippen LogP contribution in [0.4, 0.5) is 5.69 Å². The minimum absolute atomic E-state index is 0.333. The lowest BCUT2D eigenvalue weighted by Crippen LogP contribution is -1.92. The summed E-state index contributed by atoms with van der Waals surface area (Å²) in [5, 5.41) is 0. The smallest absolute Gasteiger partial charge is 0.231 e. The third-order valence-corrected chi connectivity index (χ3v) is 2.10. The van der Waals surface area contributed by atoms with Crippen molar-refractivity contribution in [1.29, 1.82) is 0 Å². The van der Waals surface area contributed by atoms with E-state index in [9.17, 15) is 0 Å². The van der Waals surface area contributed by atoms with Crippen molar-refractivity contribution in [3.63, 3.8) is 0 Å². The van der Waals surface area contributed by atoms with Crippen LogP contribution in [-0.4, -0.2) is 6.79 Å². The molecule has 0 fully saturated rings. The molecule has 0 bridgehead atoms. The summed E-state index contributed by atoms with van der Waals surface area (Å²) in [6, 6.07) is 5.75. The van der Waals surface area contributed by atoms with Gasteiger partial charge >= 0.3 is 0 Å². The van der Waals surface area contributed by atoms with E-state index in [1.165, 1.54) is 0 Å². The van der Waals surface area contributed by atoms with E-state index in [4.69, 9.17) is 9.47 Å². The van der Waals surface area contributed by atoms with Gasteiger partial charge in [-0.1, -0.05) is 0 Å². The average Bonchev–Trinajstić information content (AvgIpc) is 2.50.